The summed E-state index contributed by atoms with van der Waals surface area (Å²) in [6.07, 6.45) is 2.38. The van der Waals surface area contributed by atoms with Gasteiger partial charge in [-0.3, -0.25) is 4.79 Å². The van der Waals surface area contributed by atoms with Crippen molar-refractivity contribution in [3.8, 4) is 0 Å². The first-order valence-electron chi connectivity index (χ1n) is 7.34. The van der Waals surface area contributed by atoms with Crippen LogP contribution in [-0.2, 0) is 9.53 Å². The molecule has 0 saturated heterocycles. The van der Waals surface area contributed by atoms with Gasteiger partial charge >= 0.3 is 5.97 Å². The Kier molecular flexibility index (Phi) is 3.50. The standard InChI is InChI=1S/C16H28O2/c1-9-10(2)12-7-11(9)13(8-16(3,4)5)14(12)15(17)18-6/h9-14H,7-8H2,1-6H3. The Morgan fingerprint density at radius 1 is 1.17 bits per heavy atom. The smallest absolute Gasteiger partial charge is 0.309 e. The van der Waals surface area contributed by atoms with E-state index < -0.39 is 0 Å². The predicted octanol–water partition coefficient (Wildman–Crippen LogP) is 3.75. The molecule has 0 aromatic carbocycles. The van der Waals surface area contributed by atoms with Crippen LogP contribution in [0.5, 0.6) is 0 Å². The lowest BCUT2D eigenvalue weighted by atomic mass is 9.65. The number of fused-ring (bicyclic) bond motifs is 2. The highest BCUT2D eigenvalue weighted by atomic mass is 16.5. The maximum absolute atomic E-state index is 12.1. The summed E-state index contributed by atoms with van der Waals surface area (Å²) in [4.78, 5) is 12.1. The van der Waals surface area contributed by atoms with Crippen molar-refractivity contribution in [1.29, 1.82) is 0 Å². The Hall–Kier alpha value is -0.530. The van der Waals surface area contributed by atoms with Gasteiger partial charge in [0.15, 0.2) is 0 Å². The first-order chi connectivity index (χ1) is 8.26. The van der Waals surface area contributed by atoms with Gasteiger partial charge in [0.1, 0.15) is 0 Å². The first-order valence-corrected chi connectivity index (χ1v) is 7.34. The fraction of sp³-hybridized carbons (Fsp3) is 0.938. The maximum Gasteiger partial charge on any atom is 0.309 e. The molecule has 2 fully saturated rings. The van der Waals surface area contributed by atoms with Crippen LogP contribution in [0.3, 0.4) is 0 Å². The van der Waals surface area contributed by atoms with Gasteiger partial charge in [0.2, 0.25) is 0 Å². The molecule has 104 valence electrons. The van der Waals surface area contributed by atoms with Crippen LogP contribution >= 0.6 is 0 Å². The van der Waals surface area contributed by atoms with Gasteiger partial charge in [0, 0.05) is 0 Å². The largest absolute Gasteiger partial charge is 0.469 e. The molecule has 0 N–H and O–H groups in total. The number of methoxy groups -OCH3 is 1. The zero-order chi connectivity index (χ0) is 13.7. The van der Waals surface area contributed by atoms with Crippen molar-refractivity contribution in [2.45, 2.75) is 47.5 Å². The summed E-state index contributed by atoms with van der Waals surface area (Å²) in [7, 11) is 1.54. The molecule has 0 amide bonds. The Morgan fingerprint density at radius 3 is 2.22 bits per heavy atom. The molecule has 2 saturated carbocycles. The summed E-state index contributed by atoms with van der Waals surface area (Å²) >= 11 is 0. The number of carbonyl (C=O) groups excluding carboxylic acids is 1. The molecule has 18 heavy (non-hydrogen) atoms. The van der Waals surface area contributed by atoms with Gasteiger partial charge in [-0.25, -0.2) is 0 Å². The lowest BCUT2D eigenvalue weighted by Gasteiger charge is -2.39. The molecule has 2 heteroatoms. The lowest BCUT2D eigenvalue weighted by molar-refractivity contribution is -0.151. The van der Waals surface area contributed by atoms with Crippen molar-refractivity contribution in [3.63, 3.8) is 0 Å². The van der Waals surface area contributed by atoms with Crippen molar-refractivity contribution >= 4 is 5.97 Å². The molecule has 2 bridgehead atoms. The molecule has 0 spiro atoms. The van der Waals surface area contributed by atoms with E-state index in [0.29, 0.717) is 23.2 Å². The van der Waals surface area contributed by atoms with Gasteiger partial charge in [0.25, 0.3) is 0 Å². The average molecular weight is 252 g/mol. The van der Waals surface area contributed by atoms with Crippen molar-refractivity contribution in [1.82, 2.24) is 0 Å². The second kappa shape index (κ2) is 4.54. The molecule has 2 aliphatic carbocycles. The molecular formula is C16H28O2. The second-order valence-corrected chi connectivity index (χ2v) is 7.76. The van der Waals surface area contributed by atoms with E-state index in [1.165, 1.54) is 13.5 Å². The number of hydrogen-bond donors (Lipinski definition) is 0. The number of hydrogen-bond acceptors (Lipinski definition) is 2. The Morgan fingerprint density at radius 2 is 1.72 bits per heavy atom. The van der Waals surface area contributed by atoms with Crippen molar-refractivity contribution < 1.29 is 9.53 Å². The van der Waals surface area contributed by atoms with Crippen molar-refractivity contribution in [3.05, 3.63) is 0 Å². The van der Waals surface area contributed by atoms with Crippen LogP contribution in [0.25, 0.3) is 0 Å². The molecule has 2 aliphatic rings. The van der Waals surface area contributed by atoms with E-state index in [1.54, 1.807) is 0 Å². The van der Waals surface area contributed by atoms with Crippen LogP contribution in [0.2, 0.25) is 0 Å². The zero-order valence-electron chi connectivity index (χ0n) is 12.7. The number of ether oxygens (including phenoxy) is 1. The third kappa shape index (κ3) is 2.19. The monoisotopic (exact) mass is 252 g/mol. The second-order valence-electron chi connectivity index (χ2n) is 7.76. The summed E-state index contributed by atoms with van der Waals surface area (Å²) in [5.74, 6) is 3.46. The Balaban J connectivity index is 2.23. The lowest BCUT2D eigenvalue weighted by Crippen LogP contribution is -2.39. The summed E-state index contributed by atoms with van der Waals surface area (Å²) in [6, 6.07) is 0. The van der Waals surface area contributed by atoms with E-state index in [9.17, 15) is 4.79 Å². The fourth-order valence-electron chi connectivity index (χ4n) is 4.62. The highest BCUT2D eigenvalue weighted by molar-refractivity contribution is 5.74. The number of esters is 1. The van der Waals surface area contributed by atoms with E-state index >= 15 is 0 Å². The van der Waals surface area contributed by atoms with Crippen LogP contribution < -0.4 is 0 Å². The Bertz CT molecular complexity index is 328. The van der Waals surface area contributed by atoms with Crippen LogP contribution in [0.4, 0.5) is 0 Å². The van der Waals surface area contributed by atoms with Gasteiger partial charge in [-0.15, -0.1) is 0 Å². The summed E-state index contributed by atoms with van der Waals surface area (Å²) in [6.45, 7) is 11.5. The first kappa shape index (κ1) is 13.9. The van der Waals surface area contributed by atoms with Gasteiger partial charge in [0.05, 0.1) is 13.0 Å². The van der Waals surface area contributed by atoms with E-state index in [0.717, 1.165) is 18.3 Å². The van der Waals surface area contributed by atoms with Gasteiger partial charge < -0.3 is 4.74 Å². The molecule has 2 nitrogen and oxygen atoms in total. The minimum atomic E-state index is 0.0375. The SMILES string of the molecule is COC(=O)C1C2CC(C(C)C2C)C1CC(C)(C)C. The van der Waals surface area contributed by atoms with Gasteiger partial charge in [-0.1, -0.05) is 34.6 Å². The average Bonchev–Trinajstić information content (AvgIpc) is 2.74. The highest BCUT2D eigenvalue weighted by Gasteiger charge is 2.57. The van der Waals surface area contributed by atoms with Crippen molar-refractivity contribution in [2.24, 2.45) is 40.9 Å². The van der Waals surface area contributed by atoms with E-state index in [1.807, 2.05) is 0 Å². The topological polar surface area (TPSA) is 26.3 Å². The molecule has 6 atom stereocenters. The quantitative estimate of drug-likeness (QED) is 0.700. The zero-order valence-corrected chi connectivity index (χ0v) is 12.7. The van der Waals surface area contributed by atoms with Crippen LogP contribution in [0.1, 0.15) is 47.5 Å². The normalized spacial score (nSPS) is 43.2. The molecule has 0 heterocycles. The molecule has 0 aromatic heterocycles. The number of carbonyl (C=O) groups is 1. The fourth-order valence-corrected chi connectivity index (χ4v) is 4.62. The van der Waals surface area contributed by atoms with Crippen LogP contribution in [-0.4, -0.2) is 13.1 Å². The summed E-state index contributed by atoms with van der Waals surface area (Å²) in [5, 5.41) is 0. The number of rotatable bonds is 2. The molecule has 2 rings (SSSR count). The molecule has 0 aromatic rings. The Labute approximate surface area is 111 Å². The van der Waals surface area contributed by atoms with E-state index in [4.69, 9.17) is 4.74 Å². The maximum atomic E-state index is 12.1. The van der Waals surface area contributed by atoms with Crippen LogP contribution in [0, 0.1) is 40.9 Å². The third-order valence-corrected chi connectivity index (χ3v) is 5.52. The summed E-state index contributed by atoms with van der Waals surface area (Å²) in [5.41, 5.74) is 0.296. The molecular weight excluding hydrogens is 224 g/mol. The van der Waals surface area contributed by atoms with Gasteiger partial charge in [-0.05, 0) is 47.8 Å². The molecule has 6 unspecified atom stereocenters. The van der Waals surface area contributed by atoms with E-state index in [-0.39, 0.29) is 11.9 Å². The third-order valence-electron chi connectivity index (χ3n) is 5.52. The minimum absolute atomic E-state index is 0.0375. The van der Waals surface area contributed by atoms with Gasteiger partial charge in [-0.2, -0.15) is 0 Å². The van der Waals surface area contributed by atoms with E-state index in [2.05, 4.69) is 34.6 Å². The predicted molar refractivity (Wildman–Crippen MR) is 73.0 cm³/mol. The van der Waals surface area contributed by atoms with Crippen molar-refractivity contribution in [2.75, 3.05) is 7.11 Å². The molecule has 0 aliphatic heterocycles. The van der Waals surface area contributed by atoms with Crippen LogP contribution in [0.15, 0.2) is 0 Å². The highest BCUT2D eigenvalue weighted by Crippen LogP contribution is 2.60. The minimum Gasteiger partial charge on any atom is -0.469 e. The molecule has 0 radical (unpaired) electrons. The summed E-state index contributed by atoms with van der Waals surface area (Å²) < 4.78 is 5.08.